The molecule has 2 aliphatic rings. The molecule has 9 heteroatoms. The van der Waals surface area contributed by atoms with Crippen molar-refractivity contribution in [3.05, 3.63) is 47.4 Å². The Labute approximate surface area is 166 Å². The lowest BCUT2D eigenvalue weighted by molar-refractivity contribution is -0.118. The Kier molecular flexibility index (Phi) is 4.99. The van der Waals surface area contributed by atoms with Crippen molar-refractivity contribution in [2.75, 3.05) is 23.8 Å². The number of rotatable bonds is 6. The van der Waals surface area contributed by atoms with Crippen LogP contribution in [0.3, 0.4) is 0 Å². The van der Waals surface area contributed by atoms with Crippen LogP contribution in [0, 0.1) is 23.1 Å². The third-order valence-electron chi connectivity index (χ3n) is 4.87. The van der Waals surface area contributed by atoms with Crippen LogP contribution in [-0.4, -0.2) is 36.0 Å². The Morgan fingerprint density at radius 1 is 1.45 bits per heavy atom. The number of carbonyl (C=O) groups is 2. The molecule has 3 N–H and O–H groups in total. The molecule has 2 heterocycles. The van der Waals surface area contributed by atoms with Crippen molar-refractivity contribution in [1.82, 2.24) is 10.3 Å². The molecule has 0 bridgehead atoms. The van der Waals surface area contributed by atoms with Crippen LogP contribution in [0.25, 0.3) is 0 Å². The van der Waals surface area contributed by atoms with Crippen LogP contribution in [0.2, 0.25) is 0 Å². The third kappa shape index (κ3) is 4.11. The molecule has 148 valence electrons. The Hall–Kier alpha value is -3.67. The molecule has 0 saturated heterocycles. The summed E-state index contributed by atoms with van der Waals surface area (Å²) in [6, 6.07) is 7.67. The number of nitriles is 1. The lowest BCUT2D eigenvalue weighted by Gasteiger charge is -2.21. The first-order valence-corrected chi connectivity index (χ1v) is 9.21. The molecule has 1 aromatic carbocycles. The number of anilines is 2. The SMILES string of the molecule is N#Cc1c(F)cccc1NC(CNC(=O)c1cnc2c(c1)NC(=O)CO2)C1CC1. The Bertz CT molecular complexity index is 1020. The Morgan fingerprint density at radius 3 is 3.03 bits per heavy atom. The van der Waals surface area contributed by atoms with Crippen LogP contribution in [0.5, 0.6) is 5.88 Å². The molecule has 1 atom stereocenters. The zero-order valence-corrected chi connectivity index (χ0v) is 15.4. The minimum atomic E-state index is -0.583. The highest BCUT2D eigenvalue weighted by molar-refractivity contribution is 5.99. The summed E-state index contributed by atoms with van der Waals surface area (Å²) in [5, 5.41) is 17.8. The molecule has 2 amide bonds. The summed E-state index contributed by atoms with van der Waals surface area (Å²) in [6.45, 7) is 0.190. The molecule has 1 aliphatic carbocycles. The van der Waals surface area contributed by atoms with E-state index in [2.05, 4.69) is 20.9 Å². The number of halogens is 1. The summed E-state index contributed by atoms with van der Waals surface area (Å²) in [5.41, 5.74) is 1.00. The number of fused-ring (bicyclic) bond motifs is 1. The van der Waals surface area contributed by atoms with Gasteiger partial charge >= 0.3 is 0 Å². The number of nitrogens with one attached hydrogen (secondary N) is 3. The maximum atomic E-state index is 13.8. The van der Waals surface area contributed by atoms with Gasteiger partial charge in [-0.3, -0.25) is 9.59 Å². The Balaban J connectivity index is 1.44. The first-order valence-electron chi connectivity index (χ1n) is 9.21. The highest BCUT2D eigenvalue weighted by atomic mass is 19.1. The monoisotopic (exact) mass is 395 g/mol. The maximum absolute atomic E-state index is 13.8. The number of aromatic nitrogens is 1. The number of amides is 2. The molecule has 1 fully saturated rings. The van der Waals surface area contributed by atoms with E-state index < -0.39 is 5.82 Å². The number of nitrogens with zero attached hydrogens (tertiary/aromatic N) is 2. The van der Waals surface area contributed by atoms with Gasteiger partial charge in [-0.2, -0.15) is 5.26 Å². The average Bonchev–Trinajstić information content (AvgIpc) is 3.55. The standard InChI is InChI=1S/C20H18FN5O3/c21-14-2-1-3-15(13(14)7-22)25-17(11-4-5-11)9-23-19(28)12-6-16-20(24-8-12)29-10-18(27)26-16/h1-3,6,8,11,17,25H,4-5,9-10H2,(H,23,28)(H,26,27). The topological polar surface area (TPSA) is 116 Å². The predicted molar refractivity (Wildman–Crippen MR) is 102 cm³/mol. The van der Waals surface area contributed by atoms with E-state index in [0.717, 1.165) is 12.8 Å². The second-order valence-corrected chi connectivity index (χ2v) is 6.99. The van der Waals surface area contributed by atoms with Crippen molar-refractivity contribution in [3.63, 3.8) is 0 Å². The molecule has 29 heavy (non-hydrogen) atoms. The molecule has 8 nitrogen and oxygen atoms in total. The maximum Gasteiger partial charge on any atom is 0.262 e. The van der Waals surface area contributed by atoms with Gasteiger partial charge in [0.25, 0.3) is 11.8 Å². The molecule has 2 aromatic rings. The molecular weight excluding hydrogens is 377 g/mol. The van der Waals surface area contributed by atoms with Crippen molar-refractivity contribution in [2.45, 2.75) is 18.9 Å². The van der Waals surface area contributed by atoms with Gasteiger partial charge in [0.15, 0.2) is 6.61 Å². The third-order valence-corrected chi connectivity index (χ3v) is 4.87. The van der Waals surface area contributed by atoms with E-state index in [4.69, 9.17) is 4.74 Å². The normalized spacial score (nSPS) is 15.9. The molecule has 1 aliphatic heterocycles. The summed E-state index contributed by atoms with van der Waals surface area (Å²) >= 11 is 0. The number of carbonyl (C=O) groups excluding carboxylic acids is 2. The van der Waals surface area contributed by atoms with Gasteiger partial charge < -0.3 is 20.7 Å². The number of pyridine rings is 1. The van der Waals surface area contributed by atoms with E-state index in [9.17, 15) is 19.2 Å². The molecule has 1 aromatic heterocycles. The fourth-order valence-corrected chi connectivity index (χ4v) is 3.20. The Morgan fingerprint density at radius 2 is 2.28 bits per heavy atom. The summed E-state index contributed by atoms with van der Waals surface area (Å²) in [6.07, 6.45) is 3.37. The molecule has 1 saturated carbocycles. The van der Waals surface area contributed by atoms with Crippen LogP contribution in [0.4, 0.5) is 15.8 Å². The van der Waals surface area contributed by atoms with E-state index in [-0.39, 0.29) is 41.5 Å². The average molecular weight is 395 g/mol. The van der Waals surface area contributed by atoms with Crippen molar-refractivity contribution in [3.8, 4) is 11.9 Å². The van der Waals surface area contributed by atoms with Crippen LogP contribution in [0.1, 0.15) is 28.8 Å². The van der Waals surface area contributed by atoms with Gasteiger partial charge in [0.2, 0.25) is 5.88 Å². The quantitative estimate of drug-likeness (QED) is 0.689. The van der Waals surface area contributed by atoms with Gasteiger partial charge in [-0.1, -0.05) is 6.07 Å². The van der Waals surface area contributed by atoms with Gasteiger partial charge in [-0.25, -0.2) is 9.37 Å². The number of benzene rings is 1. The summed E-state index contributed by atoms with van der Waals surface area (Å²) in [4.78, 5) is 28.0. The fourth-order valence-electron chi connectivity index (χ4n) is 3.20. The summed E-state index contributed by atoms with van der Waals surface area (Å²) < 4.78 is 19.0. The van der Waals surface area contributed by atoms with Crippen molar-refractivity contribution in [1.29, 1.82) is 5.26 Å². The molecular formula is C20H18FN5O3. The van der Waals surface area contributed by atoms with Crippen LogP contribution >= 0.6 is 0 Å². The molecule has 0 radical (unpaired) electrons. The fraction of sp³-hybridized carbons (Fsp3) is 0.300. The van der Waals surface area contributed by atoms with Gasteiger partial charge in [-0.15, -0.1) is 0 Å². The van der Waals surface area contributed by atoms with Gasteiger partial charge in [0.1, 0.15) is 23.1 Å². The lowest BCUT2D eigenvalue weighted by atomic mass is 10.1. The zero-order valence-electron chi connectivity index (χ0n) is 15.4. The first-order chi connectivity index (χ1) is 14.0. The minimum Gasteiger partial charge on any atom is -0.466 e. The molecule has 4 rings (SSSR count). The van der Waals surface area contributed by atoms with E-state index in [1.165, 1.54) is 24.4 Å². The largest absolute Gasteiger partial charge is 0.466 e. The van der Waals surface area contributed by atoms with Crippen molar-refractivity contribution in [2.24, 2.45) is 5.92 Å². The van der Waals surface area contributed by atoms with Crippen molar-refractivity contribution < 1.29 is 18.7 Å². The number of ether oxygens (including phenoxy) is 1. The van der Waals surface area contributed by atoms with Gasteiger partial charge in [0.05, 0.1) is 11.3 Å². The smallest absolute Gasteiger partial charge is 0.262 e. The molecule has 1 unspecified atom stereocenters. The van der Waals surface area contributed by atoms with E-state index in [0.29, 0.717) is 23.8 Å². The lowest BCUT2D eigenvalue weighted by Crippen LogP contribution is -2.38. The zero-order chi connectivity index (χ0) is 20.4. The van der Waals surface area contributed by atoms with Crippen molar-refractivity contribution >= 4 is 23.2 Å². The van der Waals surface area contributed by atoms with Gasteiger partial charge in [0, 0.05) is 18.8 Å². The van der Waals surface area contributed by atoms with Crippen LogP contribution < -0.4 is 20.7 Å². The highest BCUT2D eigenvalue weighted by Gasteiger charge is 2.32. The second kappa shape index (κ2) is 7.75. The molecule has 0 spiro atoms. The summed E-state index contributed by atoms with van der Waals surface area (Å²) in [5.74, 6) is -0.640. The predicted octanol–water partition coefficient (Wildman–Crippen LogP) is 2.04. The minimum absolute atomic E-state index is 0.0425. The first kappa shape index (κ1) is 18.7. The summed E-state index contributed by atoms with van der Waals surface area (Å²) in [7, 11) is 0. The number of hydrogen-bond donors (Lipinski definition) is 3. The van der Waals surface area contributed by atoms with Crippen LogP contribution in [0.15, 0.2) is 30.5 Å². The second-order valence-electron chi connectivity index (χ2n) is 6.99. The van der Waals surface area contributed by atoms with E-state index in [1.54, 1.807) is 6.07 Å². The van der Waals surface area contributed by atoms with E-state index in [1.807, 2.05) is 6.07 Å². The number of hydrogen-bond acceptors (Lipinski definition) is 6. The van der Waals surface area contributed by atoms with Gasteiger partial charge in [-0.05, 0) is 37.0 Å². The highest BCUT2D eigenvalue weighted by Crippen LogP contribution is 2.35. The van der Waals surface area contributed by atoms with E-state index >= 15 is 0 Å². The van der Waals surface area contributed by atoms with Crippen LogP contribution in [-0.2, 0) is 4.79 Å².